The van der Waals surface area contributed by atoms with Crippen LogP contribution in [0, 0.1) is 17.8 Å². The summed E-state index contributed by atoms with van der Waals surface area (Å²) in [4.78, 5) is 130. The number of carbonyl (C=O) groups excluding carboxylic acids is 9. The summed E-state index contributed by atoms with van der Waals surface area (Å²) in [6.07, 6.45) is 0.833. The number of nitrogens with zero attached hydrogens (tertiary/aromatic N) is 1. The van der Waals surface area contributed by atoms with E-state index in [0.717, 1.165) is 11.0 Å². The van der Waals surface area contributed by atoms with Gasteiger partial charge >= 0.3 is 11.9 Å². The predicted octanol–water partition coefficient (Wildman–Crippen LogP) is 0.583. The Kier molecular flexibility index (Phi) is 27.9. The highest BCUT2D eigenvalue weighted by Gasteiger charge is 2.43. The van der Waals surface area contributed by atoms with Crippen molar-refractivity contribution in [2.24, 2.45) is 23.5 Å². The Morgan fingerprint density at radius 2 is 1.52 bits per heavy atom. The van der Waals surface area contributed by atoms with E-state index in [0.29, 0.717) is 42.0 Å². The standard InChI is InChI=1S/C54H80N8O15S.C2H6/c1-10-30(4)42-49(69)61-45-36-17-19-37(20-18-36)77-34(8)54(74,28-78-24-14-23-55)22-21-40(64)56-26-41(65)75-27-38(53(73)76-33(7)44(51(71)58-42)60-47(67)31(5)46(66)29(2)3)57-50(70)43(32(6)63)59-48(68)39(62(9)52(45)72)25-35-15-12-11-13-16-35;1-2/h11-13,15-17,19,21-22,29-34,38-39,42-46,63,66,74H,10,14,18,20,23-28,55H2,1-9H3,(H,56,64)(H,57,70)(H,58,71)(H,59,68)(H,60,67)(H,61,69);1-2H3/b22-21+;/t30-,31+,32+,33+,34+,38-,39-,42+,43+,44-,45-,46+,54-;/m0./s1. The number of allylic oxidation sites excluding steroid dienone is 3. The average Bonchev–Trinajstić information content (AvgIpc) is 3.43. The van der Waals surface area contributed by atoms with E-state index in [9.17, 15) is 53.7 Å². The molecular weight excluding hydrogens is 1060 g/mol. The Balaban J connectivity index is 0.00000831. The number of fused-ring (bicyclic) bond motifs is 11. The fourth-order valence-corrected chi connectivity index (χ4v) is 9.78. The molecule has 0 unspecified atom stereocenters. The number of carbonyl (C=O) groups is 9. The van der Waals surface area contributed by atoms with Gasteiger partial charge in [0.05, 0.1) is 23.9 Å². The minimum absolute atomic E-state index is 0.0557. The molecule has 0 radical (unpaired) electrons. The van der Waals surface area contributed by atoms with Gasteiger partial charge in [-0.2, -0.15) is 11.8 Å². The summed E-state index contributed by atoms with van der Waals surface area (Å²) in [6.45, 7) is 14.8. The van der Waals surface area contributed by atoms with Crippen LogP contribution >= 0.6 is 11.8 Å². The first-order chi connectivity index (χ1) is 37.8. The van der Waals surface area contributed by atoms with Gasteiger partial charge in [0.1, 0.15) is 61.2 Å². The first-order valence-electron chi connectivity index (χ1n) is 27.4. The number of nitrogens with two attached hydrogens (primary N) is 1. The van der Waals surface area contributed by atoms with E-state index in [2.05, 4.69) is 31.9 Å². The number of amides is 7. The van der Waals surface area contributed by atoms with Crippen LogP contribution in [0.4, 0.5) is 0 Å². The van der Waals surface area contributed by atoms with E-state index < -0.39 is 150 Å². The molecule has 0 saturated carbocycles. The van der Waals surface area contributed by atoms with Crippen molar-refractivity contribution in [3.8, 4) is 0 Å². The fraction of sp³-hybridized carbons (Fsp3) is 0.625. The molecule has 11 N–H and O–H groups in total. The number of aliphatic hydroxyl groups is 3. The van der Waals surface area contributed by atoms with Crippen LogP contribution in [0.15, 0.2) is 66.0 Å². The number of likely N-dealkylation sites (N-methyl/N-ethyl adjacent to an activating group) is 1. The maximum absolute atomic E-state index is 15.3. The topological polar surface area (TPSA) is 343 Å². The third-order valence-corrected chi connectivity index (χ3v) is 15.3. The second kappa shape index (κ2) is 32.8. The molecular formula is C56H86N8O15S. The minimum Gasteiger partial charge on any atom is -0.492 e. The maximum Gasteiger partial charge on any atom is 0.332 e. The zero-order valence-electron chi connectivity index (χ0n) is 47.9. The zero-order chi connectivity index (χ0) is 60.0. The van der Waals surface area contributed by atoms with Crippen LogP contribution in [-0.4, -0.2) is 178 Å². The van der Waals surface area contributed by atoms with Gasteiger partial charge in [-0.15, -0.1) is 0 Å². The smallest absolute Gasteiger partial charge is 0.332 e. The normalized spacial score (nSPS) is 28.1. The highest BCUT2D eigenvalue weighted by Crippen LogP contribution is 2.30. The van der Waals surface area contributed by atoms with Gasteiger partial charge in [-0.1, -0.05) is 91.3 Å². The van der Waals surface area contributed by atoms with Gasteiger partial charge in [-0.3, -0.25) is 38.4 Å². The number of benzene rings is 1. The third-order valence-electron chi connectivity index (χ3n) is 14.1. The molecule has 4 aliphatic rings. The van der Waals surface area contributed by atoms with E-state index in [4.69, 9.17) is 19.9 Å². The molecule has 24 heteroatoms. The van der Waals surface area contributed by atoms with Crippen molar-refractivity contribution in [3.63, 3.8) is 0 Å². The van der Waals surface area contributed by atoms with Crippen LogP contribution in [0.5, 0.6) is 0 Å². The molecule has 1 fully saturated rings. The predicted molar refractivity (Wildman–Crippen MR) is 299 cm³/mol. The number of rotatable bonds is 14. The monoisotopic (exact) mass is 1140 g/mol. The molecule has 13 atom stereocenters. The van der Waals surface area contributed by atoms with Gasteiger partial charge < -0.3 is 72.1 Å². The molecule has 3 heterocycles. The van der Waals surface area contributed by atoms with Gasteiger partial charge in [0, 0.05) is 31.7 Å². The summed E-state index contributed by atoms with van der Waals surface area (Å²) in [5, 5.41) is 49.3. The molecule has 23 nitrogen and oxygen atoms in total. The molecule has 5 rings (SSSR count). The Bertz CT molecular complexity index is 2390. The molecule has 1 aromatic carbocycles. The van der Waals surface area contributed by atoms with E-state index in [1.807, 2.05) is 13.8 Å². The molecule has 0 aromatic heterocycles. The quantitative estimate of drug-likeness (QED) is 0.0900. The van der Waals surface area contributed by atoms with Crippen LogP contribution in [0.25, 0.3) is 0 Å². The molecule has 3 aliphatic heterocycles. The van der Waals surface area contributed by atoms with E-state index in [1.54, 1.807) is 77.1 Å². The van der Waals surface area contributed by atoms with Gasteiger partial charge in [-0.25, -0.2) is 4.79 Å². The number of thioether (sulfide) groups is 1. The number of hydrogen-bond acceptors (Lipinski definition) is 17. The lowest BCUT2D eigenvalue weighted by Gasteiger charge is -2.35. The molecule has 0 spiro atoms. The second-order valence-corrected chi connectivity index (χ2v) is 21.6. The van der Waals surface area contributed by atoms with Crippen LogP contribution < -0.4 is 37.6 Å². The summed E-state index contributed by atoms with van der Waals surface area (Å²) in [6, 6.07) is -1.44. The van der Waals surface area contributed by atoms with Gasteiger partial charge in [0.25, 0.3) is 0 Å². The number of nitrogens with one attached hydrogen (secondary N) is 6. The minimum atomic E-state index is -1.97. The lowest BCUT2D eigenvalue weighted by Crippen LogP contribution is -2.62. The highest BCUT2D eigenvalue weighted by atomic mass is 32.2. The van der Waals surface area contributed by atoms with E-state index >= 15 is 4.79 Å². The molecule has 1 aliphatic carbocycles. The molecule has 1 aromatic rings. The molecule has 1 saturated heterocycles. The van der Waals surface area contributed by atoms with Gasteiger partial charge in [0.15, 0.2) is 6.04 Å². The number of aliphatic hydroxyl groups excluding tert-OH is 2. The van der Waals surface area contributed by atoms with E-state index in [-0.39, 0.29) is 25.0 Å². The summed E-state index contributed by atoms with van der Waals surface area (Å²) >= 11 is 1.36. The summed E-state index contributed by atoms with van der Waals surface area (Å²) in [5.74, 6) is -10.2. The van der Waals surface area contributed by atoms with Crippen LogP contribution in [0.2, 0.25) is 0 Å². The summed E-state index contributed by atoms with van der Waals surface area (Å²) in [5.41, 5.74) is 4.84. The van der Waals surface area contributed by atoms with Crippen molar-refractivity contribution in [1.82, 2.24) is 36.8 Å². The van der Waals surface area contributed by atoms with Crippen molar-refractivity contribution in [2.75, 3.05) is 38.2 Å². The zero-order valence-corrected chi connectivity index (χ0v) is 48.8. The Morgan fingerprint density at radius 3 is 2.12 bits per heavy atom. The van der Waals surface area contributed by atoms with E-state index in [1.165, 1.54) is 45.7 Å². The van der Waals surface area contributed by atoms with Crippen LogP contribution in [0.1, 0.15) is 100 Å². The van der Waals surface area contributed by atoms with Crippen molar-refractivity contribution in [2.45, 2.75) is 168 Å². The summed E-state index contributed by atoms with van der Waals surface area (Å²) in [7, 11) is 1.33. The van der Waals surface area contributed by atoms with Crippen molar-refractivity contribution in [3.05, 3.63) is 71.5 Å². The molecule has 4 bridgehead atoms. The largest absolute Gasteiger partial charge is 0.492 e. The first-order valence-corrected chi connectivity index (χ1v) is 28.6. The summed E-state index contributed by atoms with van der Waals surface area (Å²) < 4.78 is 17.5. The third kappa shape index (κ3) is 19.7. The van der Waals surface area contributed by atoms with Crippen LogP contribution in [-0.2, 0) is 63.8 Å². The number of cyclic esters (lactones) is 1. The number of hydrogen-bond donors (Lipinski definition) is 10. The lowest BCUT2D eigenvalue weighted by atomic mass is 9.92. The highest BCUT2D eigenvalue weighted by molar-refractivity contribution is 7.99. The molecule has 446 valence electrons. The van der Waals surface area contributed by atoms with Crippen molar-refractivity contribution < 1.29 is 72.7 Å². The Morgan fingerprint density at radius 1 is 0.875 bits per heavy atom. The fourth-order valence-electron chi connectivity index (χ4n) is 8.61. The second-order valence-electron chi connectivity index (χ2n) is 20.5. The average molecular weight is 1140 g/mol. The van der Waals surface area contributed by atoms with Gasteiger partial charge in [0.2, 0.25) is 41.4 Å². The SMILES string of the molecule is CC.CC[C@H](C)[C@H]1NC(=O)[C@@H](NC(=O)[C@H](C)[C@H](O)C(C)C)[C@@H](C)OC(=O)[C@@H]2COC(=O)CNC(=O)/C=C/[C@](O)(CSCCCN)[C@@H](C)OC3=CC=C(CC3)[C@H](NC1=O)C(=O)N(C)[C@@H](Cc1ccccc1)C(=O)N[C@H]([C@@H](C)O)C(=O)N2. The molecule has 80 heavy (non-hydrogen) atoms. The first kappa shape index (κ1) is 67.9. The van der Waals surface area contributed by atoms with Crippen molar-refractivity contribution in [1.29, 1.82) is 0 Å². The maximum atomic E-state index is 15.3. The Labute approximate surface area is 473 Å². The van der Waals surface area contributed by atoms with Gasteiger partial charge in [-0.05, 0) is 81.0 Å². The number of ether oxygens (including phenoxy) is 3. The Hall–Kier alpha value is -6.34. The van der Waals surface area contributed by atoms with Crippen molar-refractivity contribution >= 4 is 65.1 Å². The molecule has 7 amide bonds. The number of esters is 2. The lowest BCUT2D eigenvalue weighted by molar-refractivity contribution is -0.160. The van der Waals surface area contributed by atoms with Crippen LogP contribution in [0.3, 0.4) is 0 Å².